The number of aromatic nitrogens is 2. The molecule has 0 saturated carbocycles. The molecule has 104 valence electrons. The Balaban J connectivity index is 2.32. The third-order valence-corrected chi connectivity index (χ3v) is 3.42. The molecular formula is C12H17N3O4. The van der Waals surface area contributed by atoms with Gasteiger partial charge in [-0.05, 0) is 12.8 Å². The highest BCUT2D eigenvalue weighted by Gasteiger charge is 2.32. The van der Waals surface area contributed by atoms with Gasteiger partial charge in [-0.2, -0.15) is 5.10 Å². The highest BCUT2D eigenvalue weighted by atomic mass is 16.6. The fourth-order valence-corrected chi connectivity index (χ4v) is 2.39. The van der Waals surface area contributed by atoms with Crippen molar-refractivity contribution in [1.29, 1.82) is 0 Å². The Labute approximate surface area is 110 Å². The first-order chi connectivity index (χ1) is 9.02. The van der Waals surface area contributed by atoms with Crippen LogP contribution in [-0.2, 0) is 16.6 Å². The SMILES string of the molecule is CC[C@@H]1CC(=O)CCC(c2c([N+](=O)[O-])cnn2C)O1. The summed E-state index contributed by atoms with van der Waals surface area (Å²) in [4.78, 5) is 22.2. The number of ether oxygens (including phenoxy) is 1. The summed E-state index contributed by atoms with van der Waals surface area (Å²) < 4.78 is 7.32. The van der Waals surface area contributed by atoms with Crippen molar-refractivity contribution < 1.29 is 14.5 Å². The van der Waals surface area contributed by atoms with Crippen LogP contribution in [-0.4, -0.2) is 26.6 Å². The molecule has 1 saturated heterocycles. The van der Waals surface area contributed by atoms with Crippen molar-refractivity contribution in [3.63, 3.8) is 0 Å². The van der Waals surface area contributed by atoms with Gasteiger partial charge in [0.2, 0.25) is 0 Å². The van der Waals surface area contributed by atoms with Crippen LogP contribution < -0.4 is 0 Å². The largest absolute Gasteiger partial charge is 0.368 e. The number of ketones is 1. The molecule has 1 aliphatic rings. The van der Waals surface area contributed by atoms with Gasteiger partial charge in [0.25, 0.3) is 0 Å². The number of aryl methyl sites for hydroxylation is 1. The standard InChI is InChI=1S/C12H17N3O4/c1-3-9-6-8(16)4-5-11(19-9)12-10(15(17)18)7-13-14(12)2/h7,9,11H,3-6H2,1-2H3/t9-,11?/m1/s1. The Morgan fingerprint density at radius 3 is 3.00 bits per heavy atom. The average Bonchev–Trinajstić information content (AvgIpc) is 2.64. The molecule has 0 aliphatic carbocycles. The van der Waals surface area contributed by atoms with E-state index in [-0.39, 0.29) is 17.6 Å². The van der Waals surface area contributed by atoms with Crippen molar-refractivity contribution in [3.05, 3.63) is 22.0 Å². The third kappa shape index (κ3) is 2.81. The van der Waals surface area contributed by atoms with Gasteiger partial charge in [0.05, 0.1) is 11.0 Å². The first-order valence-corrected chi connectivity index (χ1v) is 6.36. The predicted molar refractivity (Wildman–Crippen MR) is 66.6 cm³/mol. The molecule has 1 aromatic rings. The highest BCUT2D eigenvalue weighted by molar-refractivity contribution is 5.79. The van der Waals surface area contributed by atoms with Gasteiger partial charge in [0, 0.05) is 19.9 Å². The first kappa shape index (κ1) is 13.7. The number of hydrogen-bond donors (Lipinski definition) is 0. The van der Waals surface area contributed by atoms with Gasteiger partial charge in [-0.25, -0.2) is 0 Å². The van der Waals surface area contributed by atoms with Crippen LogP contribution in [0.2, 0.25) is 0 Å². The maximum atomic E-state index is 11.6. The molecule has 2 heterocycles. The lowest BCUT2D eigenvalue weighted by molar-refractivity contribution is -0.386. The normalized spacial score (nSPS) is 24.2. The van der Waals surface area contributed by atoms with Gasteiger partial charge in [-0.15, -0.1) is 0 Å². The maximum absolute atomic E-state index is 11.6. The monoisotopic (exact) mass is 267 g/mol. The topological polar surface area (TPSA) is 87.3 Å². The van der Waals surface area contributed by atoms with E-state index in [1.54, 1.807) is 7.05 Å². The summed E-state index contributed by atoms with van der Waals surface area (Å²) in [7, 11) is 1.65. The number of nitro groups is 1. The van der Waals surface area contributed by atoms with E-state index in [0.29, 0.717) is 31.4 Å². The molecule has 2 rings (SSSR count). The molecule has 19 heavy (non-hydrogen) atoms. The molecule has 0 radical (unpaired) electrons. The van der Waals surface area contributed by atoms with Gasteiger partial charge in [0.1, 0.15) is 23.8 Å². The van der Waals surface area contributed by atoms with Crippen LogP contribution in [0.3, 0.4) is 0 Å². The minimum absolute atomic E-state index is 0.0447. The predicted octanol–water partition coefficient (Wildman–Crippen LogP) is 1.92. The molecule has 1 aromatic heterocycles. The summed E-state index contributed by atoms with van der Waals surface area (Å²) >= 11 is 0. The number of carbonyl (C=O) groups excluding carboxylic acids is 1. The third-order valence-electron chi connectivity index (χ3n) is 3.42. The molecule has 1 aliphatic heterocycles. The zero-order chi connectivity index (χ0) is 14.0. The Morgan fingerprint density at radius 2 is 2.37 bits per heavy atom. The molecule has 0 spiro atoms. The number of rotatable bonds is 3. The second-order valence-electron chi connectivity index (χ2n) is 4.73. The van der Waals surface area contributed by atoms with Crippen LogP contribution in [0.5, 0.6) is 0 Å². The van der Waals surface area contributed by atoms with E-state index in [1.807, 2.05) is 6.92 Å². The molecule has 1 unspecified atom stereocenters. The number of nitrogens with zero attached hydrogens (tertiary/aromatic N) is 3. The van der Waals surface area contributed by atoms with Gasteiger partial charge < -0.3 is 4.74 Å². The lowest BCUT2D eigenvalue weighted by Crippen LogP contribution is -2.17. The Hall–Kier alpha value is -1.76. The van der Waals surface area contributed by atoms with Gasteiger partial charge in [-0.1, -0.05) is 6.92 Å². The van der Waals surface area contributed by atoms with Crippen LogP contribution in [0.1, 0.15) is 44.4 Å². The number of Topliss-reactive ketones (excluding diaryl/α,β-unsaturated/α-hetero) is 1. The first-order valence-electron chi connectivity index (χ1n) is 6.36. The van der Waals surface area contributed by atoms with E-state index in [2.05, 4.69) is 5.10 Å². The second-order valence-corrected chi connectivity index (χ2v) is 4.73. The Bertz CT molecular complexity index is 497. The summed E-state index contributed by atoms with van der Waals surface area (Å²) in [6.07, 6.45) is 2.58. The summed E-state index contributed by atoms with van der Waals surface area (Å²) in [5, 5.41) is 14.9. The van der Waals surface area contributed by atoms with E-state index in [1.165, 1.54) is 10.9 Å². The molecular weight excluding hydrogens is 250 g/mol. The molecule has 7 nitrogen and oxygen atoms in total. The summed E-state index contributed by atoms with van der Waals surface area (Å²) in [6, 6.07) is 0. The van der Waals surface area contributed by atoms with E-state index in [4.69, 9.17) is 4.74 Å². The molecule has 0 aromatic carbocycles. The van der Waals surface area contributed by atoms with Crippen LogP contribution in [0.4, 0.5) is 5.69 Å². The summed E-state index contributed by atoms with van der Waals surface area (Å²) in [5.41, 5.74) is 0.398. The smallest absolute Gasteiger partial charge is 0.312 e. The molecule has 1 fully saturated rings. The van der Waals surface area contributed by atoms with Crippen molar-refractivity contribution >= 4 is 11.5 Å². The summed E-state index contributed by atoms with van der Waals surface area (Å²) in [5.74, 6) is 0.152. The minimum Gasteiger partial charge on any atom is -0.368 e. The van der Waals surface area contributed by atoms with Gasteiger partial charge in [0.15, 0.2) is 0 Å². The fourth-order valence-electron chi connectivity index (χ4n) is 2.39. The van der Waals surface area contributed by atoms with E-state index in [0.717, 1.165) is 0 Å². The molecule has 2 atom stereocenters. The van der Waals surface area contributed by atoms with Crippen LogP contribution in [0.25, 0.3) is 0 Å². The highest BCUT2D eigenvalue weighted by Crippen LogP contribution is 2.34. The second kappa shape index (κ2) is 5.48. The van der Waals surface area contributed by atoms with E-state index >= 15 is 0 Å². The van der Waals surface area contributed by atoms with Crippen molar-refractivity contribution in [2.75, 3.05) is 0 Å². The van der Waals surface area contributed by atoms with Crippen molar-refractivity contribution in [2.24, 2.45) is 7.05 Å². The average molecular weight is 267 g/mol. The number of carbonyl (C=O) groups is 1. The van der Waals surface area contributed by atoms with Gasteiger partial charge in [-0.3, -0.25) is 19.6 Å². The zero-order valence-corrected chi connectivity index (χ0v) is 11.0. The zero-order valence-electron chi connectivity index (χ0n) is 11.0. The molecule has 0 amide bonds. The van der Waals surface area contributed by atoms with Crippen LogP contribution in [0, 0.1) is 10.1 Å². The van der Waals surface area contributed by atoms with Crippen molar-refractivity contribution in [1.82, 2.24) is 9.78 Å². The lowest BCUT2D eigenvalue weighted by Gasteiger charge is -2.19. The van der Waals surface area contributed by atoms with Gasteiger partial charge >= 0.3 is 5.69 Å². The molecule has 0 N–H and O–H groups in total. The van der Waals surface area contributed by atoms with Crippen molar-refractivity contribution in [2.45, 2.75) is 44.8 Å². The number of hydrogen-bond acceptors (Lipinski definition) is 5. The molecule has 7 heteroatoms. The maximum Gasteiger partial charge on any atom is 0.312 e. The Morgan fingerprint density at radius 1 is 1.63 bits per heavy atom. The van der Waals surface area contributed by atoms with Crippen LogP contribution in [0.15, 0.2) is 6.20 Å². The van der Waals surface area contributed by atoms with Crippen molar-refractivity contribution in [3.8, 4) is 0 Å². The van der Waals surface area contributed by atoms with E-state index < -0.39 is 11.0 Å². The lowest BCUT2D eigenvalue weighted by atomic mass is 10.1. The van der Waals surface area contributed by atoms with E-state index in [9.17, 15) is 14.9 Å². The molecule has 0 bridgehead atoms. The Kier molecular flexibility index (Phi) is 3.94. The minimum atomic E-state index is -0.459. The van der Waals surface area contributed by atoms with Crippen LogP contribution >= 0.6 is 0 Å². The quantitative estimate of drug-likeness (QED) is 0.616. The fraction of sp³-hybridized carbons (Fsp3) is 0.667. The summed E-state index contributed by atoms with van der Waals surface area (Å²) in [6.45, 7) is 1.94.